The summed E-state index contributed by atoms with van der Waals surface area (Å²) in [5, 5.41) is 16.5. The fourth-order valence-corrected chi connectivity index (χ4v) is 10.1. The summed E-state index contributed by atoms with van der Waals surface area (Å²) in [5.74, 6) is 1.85. The van der Waals surface area contributed by atoms with E-state index in [9.17, 15) is 0 Å². The van der Waals surface area contributed by atoms with Gasteiger partial charge >= 0.3 is 0 Å². The monoisotopic (exact) mass is 814 g/mol. The van der Waals surface area contributed by atoms with E-state index in [4.69, 9.17) is 19.4 Å². The molecular formula is C59H34N4O. The highest BCUT2D eigenvalue weighted by Crippen LogP contribution is 2.42. The predicted octanol–water partition coefficient (Wildman–Crippen LogP) is 15.6. The van der Waals surface area contributed by atoms with Crippen molar-refractivity contribution < 1.29 is 4.42 Å². The van der Waals surface area contributed by atoms with Crippen LogP contribution in [-0.2, 0) is 0 Å². The topological polar surface area (TPSA) is 56.7 Å². The second-order valence-electron chi connectivity index (χ2n) is 16.8. The summed E-state index contributed by atoms with van der Waals surface area (Å²) < 4.78 is 9.05. The number of aromatic nitrogens is 4. The van der Waals surface area contributed by atoms with Crippen molar-refractivity contribution in [2.45, 2.75) is 0 Å². The number of furan rings is 1. The summed E-state index contributed by atoms with van der Waals surface area (Å²) in [6.45, 7) is 0. The number of hydrogen-bond acceptors (Lipinski definition) is 4. The molecule has 0 aliphatic heterocycles. The predicted molar refractivity (Wildman–Crippen MR) is 265 cm³/mol. The Bertz CT molecular complexity index is 4260. The van der Waals surface area contributed by atoms with E-state index in [2.05, 4.69) is 193 Å². The molecule has 64 heavy (non-hydrogen) atoms. The fourth-order valence-electron chi connectivity index (χ4n) is 10.1. The van der Waals surface area contributed by atoms with E-state index in [-0.39, 0.29) is 0 Å². The van der Waals surface area contributed by atoms with Crippen LogP contribution in [0.1, 0.15) is 0 Å². The molecule has 3 aromatic heterocycles. The molecule has 0 aliphatic rings. The maximum atomic E-state index is 6.62. The zero-order valence-electron chi connectivity index (χ0n) is 34.3. The minimum atomic E-state index is 0.601. The van der Waals surface area contributed by atoms with Gasteiger partial charge in [-0.25, -0.2) is 15.0 Å². The largest absolute Gasteiger partial charge is 0.456 e. The summed E-state index contributed by atoms with van der Waals surface area (Å²) in [4.78, 5) is 15.4. The molecule has 0 aliphatic carbocycles. The molecule has 11 aromatic carbocycles. The van der Waals surface area contributed by atoms with Gasteiger partial charge in [0.2, 0.25) is 0 Å². The van der Waals surface area contributed by atoms with E-state index < -0.39 is 0 Å². The first-order chi connectivity index (χ1) is 31.7. The van der Waals surface area contributed by atoms with Gasteiger partial charge in [-0.1, -0.05) is 146 Å². The third-order valence-corrected chi connectivity index (χ3v) is 13.1. The van der Waals surface area contributed by atoms with Crippen LogP contribution in [0.3, 0.4) is 0 Å². The van der Waals surface area contributed by atoms with E-state index in [1.807, 2.05) is 18.2 Å². The highest BCUT2D eigenvalue weighted by molar-refractivity contribution is 6.24. The van der Waals surface area contributed by atoms with Crippen LogP contribution in [0.5, 0.6) is 0 Å². The van der Waals surface area contributed by atoms with Crippen LogP contribution in [0, 0.1) is 0 Å². The SMILES string of the molecule is c1ccc(-c2nc(-c3ccc4ccc5ccccc5c4c3)nc(-c3ccc4oc5ccc6ccc(-n7c8cc9ccccc9cc8c8c9ccccc9ccc87)cc6c5c4c3)n2)cc1. The van der Waals surface area contributed by atoms with Gasteiger partial charge in [0.05, 0.1) is 11.0 Å². The van der Waals surface area contributed by atoms with Crippen molar-refractivity contribution in [1.29, 1.82) is 0 Å². The van der Waals surface area contributed by atoms with Gasteiger partial charge in [-0.15, -0.1) is 0 Å². The Labute approximate surface area is 366 Å². The van der Waals surface area contributed by atoms with Crippen molar-refractivity contribution in [3.8, 4) is 39.9 Å². The van der Waals surface area contributed by atoms with Crippen LogP contribution in [-0.4, -0.2) is 19.5 Å². The Kier molecular flexibility index (Phi) is 7.33. The molecule has 296 valence electrons. The first-order valence-electron chi connectivity index (χ1n) is 21.7. The molecule has 0 saturated carbocycles. The van der Waals surface area contributed by atoms with Crippen molar-refractivity contribution in [2.24, 2.45) is 0 Å². The molecule has 14 rings (SSSR count). The van der Waals surface area contributed by atoms with Crippen LogP contribution in [0.4, 0.5) is 0 Å². The number of rotatable bonds is 4. The molecule has 0 spiro atoms. The minimum Gasteiger partial charge on any atom is -0.456 e. The van der Waals surface area contributed by atoms with Crippen molar-refractivity contribution in [1.82, 2.24) is 19.5 Å². The maximum Gasteiger partial charge on any atom is 0.164 e. The summed E-state index contributed by atoms with van der Waals surface area (Å²) in [7, 11) is 0. The van der Waals surface area contributed by atoms with Crippen LogP contribution in [0.15, 0.2) is 211 Å². The smallest absolute Gasteiger partial charge is 0.164 e. The maximum absolute atomic E-state index is 6.62. The zero-order valence-corrected chi connectivity index (χ0v) is 34.3. The molecule has 0 amide bonds. The van der Waals surface area contributed by atoms with Crippen molar-refractivity contribution >= 4 is 97.6 Å². The Hall–Kier alpha value is -8.67. The van der Waals surface area contributed by atoms with Gasteiger partial charge in [0.25, 0.3) is 0 Å². The quantitative estimate of drug-likeness (QED) is 0.166. The summed E-state index contributed by atoms with van der Waals surface area (Å²) in [6, 6.07) is 73.5. The van der Waals surface area contributed by atoms with Gasteiger partial charge in [0.1, 0.15) is 11.2 Å². The second kappa shape index (κ2) is 13.4. The van der Waals surface area contributed by atoms with E-state index in [1.54, 1.807) is 0 Å². The number of benzene rings is 11. The Balaban J connectivity index is 0.982. The summed E-state index contributed by atoms with van der Waals surface area (Å²) in [6.07, 6.45) is 0. The molecule has 0 radical (unpaired) electrons. The van der Waals surface area contributed by atoms with Crippen LogP contribution < -0.4 is 0 Å². The lowest BCUT2D eigenvalue weighted by molar-refractivity contribution is 0.669. The first-order valence-corrected chi connectivity index (χ1v) is 21.7. The molecule has 0 bridgehead atoms. The molecule has 0 N–H and O–H groups in total. The second-order valence-corrected chi connectivity index (χ2v) is 16.8. The molecule has 14 aromatic rings. The van der Waals surface area contributed by atoms with E-state index in [0.717, 1.165) is 55.1 Å². The van der Waals surface area contributed by atoms with Gasteiger partial charge in [-0.3, -0.25) is 0 Å². The number of nitrogens with zero attached hydrogens (tertiary/aromatic N) is 4. The highest BCUT2D eigenvalue weighted by atomic mass is 16.3. The molecular weight excluding hydrogens is 781 g/mol. The lowest BCUT2D eigenvalue weighted by atomic mass is 9.99. The van der Waals surface area contributed by atoms with E-state index in [0.29, 0.717) is 17.5 Å². The molecule has 5 nitrogen and oxygen atoms in total. The summed E-state index contributed by atoms with van der Waals surface area (Å²) in [5.41, 5.74) is 7.84. The first kappa shape index (κ1) is 35.0. The molecule has 0 saturated heterocycles. The molecule has 5 heteroatoms. The number of fused-ring (bicyclic) bond motifs is 14. The van der Waals surface area contributed by atoms with E-state index in [1.165, 1.54) is 64.9 Å². The van der Waals surface area contributed by atoms with Crippen LogP contribution in [0.25, 0.3) is 137 Å². The normalized spacial score (nSPS) is 12.1. The molecule has 3 heterocycles. The molecule has 0 atom stereocenters. The lowest BCUT2D eigenvalue weighted by Crippen LogP contribution is -2.00. The van der Waals surface area contributed by atoms with Gasteiger partial charge in [0, 0.05) is 43.9 Å². The summed E-state index contributed by atoms with van der Waals surface area (Å²) >= 11 is 0. The van der Waals surface area contributed by atoms with E-state index >= 15 is 0 Å². The van der Waals surface area contributed by atoms with Crippen molar-refractivity contribution in [3.05, 3.63) is 206 Å². The average molecular weight is 815 g/mol. The Morgan fingerprint density at radius 2 is 0.844 bits per heavy atom. The van der Waals surface area contributed by atoms with Crippen LogP contribution >= 0.6 is 0 Å². The lowest BCUT2D eigenvalue weighted by Gasteiger charge is -2.11. The zero-order chi connectivity index (χ0) is 41.9. The van der Waals surface area contributed by atoms with Gasteiger partial charge in [-0.2, -0.15) is 0 Å². The number of hydrogen-bond donors (Lipinski definition) is 0. The Morgan fingerprint density at radius 1 is 0.297 bits per heavy atom. The minimum absolute atomic E-state index is 0.601. The standard InChI is InChI=1S/C59H34N4O/c1-2-12-39(13-3-1)57-60-58(42-21-20-37-19-18-35-10-6-8-16-45(35)47(37)31-42)62-59(61-57)43-25-28-53-50(32-43)56-48-34-44(26-22-38(48)24-29-54(56)64-53)63-51-27-23-36-11-7-9-17-46(36)55(51)49-30-40-14-4-5-15-41(40)33-52(49)63/h1-34H. The van der Waals surface area contributed by atoms with Crippen molar-refractivity contribution in [2.75, 3.05) is 0 Å². The van der Waals surface area contributed by atoms with Gasteiger partial charge in [0.15, 0.2) is 17.5 Å². The van der Waals surface area contributed by atoms with Gasteiger partial charge in [-0.05, 0) is 115 Å². The highest BCUT2D eigenvalue weighted by Gasteiger charge is 2.20. The third kappa shape index (κ3) is 5.28. The molecule has 0 unspecified atom stereocenters. The average Bonchev–Trinajstić information content (AvgIpc) is 3.91. The van der Waals surface area contributed by atoms with Gasteiger partial charge < -0.3 is 8.98 Å². The molecule has 0 fully saturated rings. The Morgan fingerprint density at radius 3 is 1.64 bits per heavy atom. The fraction of sp³-hybridized carbons (Fsp3) is 0. The van der Waals surface area contributed by atoms with Crippen LogP contribution in [0.2, 0.25) is 0 Å². The third-order valence-electron chi connectivity index (χ3n) is 13.1. The van der Waals surface area contributed by atoms with Crippen molar-refractivity contribution in [3.63, 3.8) is 0 Å².